The molecule has 2 aromatic rings. The average molecular weight is 253 g/mol. The lowest BCUT2D eigenvalue weighted by Crippen LogP contribution is -2.08. The van der Waals surface area contributed by atoms with Gasteiger partial charge in [-0.1, -0.05) is 12.1 Å². The minimum absolute atomic E-state index is 0.361. The monoisotopic (exact) mass is 253 g/mol. The van der Waals surface area contributed by atoms with Crippen molar-refractivity contribution in [1.29, 1.82) is 5.26 Å². The lowest BCUT2D eigenvalue weighted by atomic mass is 10.2. The fraction of sp³-hybridized carbons (Fsp3) is 0.133. The highest BCUT2D eigenvalue weighted by Gasteiger charge is 2.07. The molecular weight excluding hydrogens is 238 g/mol. The van der Waals surface area contributed by atoms with Gasteiger partial charge in [-0.15, -0.1) is 0 Å². The van der Waals surface area contributed by atoms with Crippen LogP contribution in [0.15, 0.2) is 42.5 Å². The minimum Gasteiger partial charge on any atom is -0.455 e. The first kappa shape index (κ1) is 12.8. The number of para-hydroxylation sites is 1. The van der Waals surface area contributed by atoms with Crippen LogP contribution in [0.1, 0.15) is 5.56 Å². The summed E-state index contributed by atoms with van der Waals surface area (Å²) in [7, 11) is 3.92. The van der Waals surface area contributed by atoms with E-state index in [4.69, 9.17) is 15.7 Å². The van der Waals surface area contributed by atoms with Crippen LogP contribution in [0.3, 0.4) is 0 Å². The molecule has 0 bridgehead atoms. The Balaban J connectivity index is 2.32. The third kappa shape index (κ3) is 2.78. The Morgan fingerprint density at radius 2 is 1.89 bits per heavy atom. The fourth-order valence-corrected chi connectivity index (χ4v) is 1.68. The first-order chi connectivity index (χ1) is 9.11. The van der Waals surface area contributed by atoms with Crippen LogP contribution in [0.5, 0.6) is 11.5 Å². The molecule has 0 radical (unpaired) electrons. The van der Waals surface area contributed by atoms with Gasteiger partial charge in [-0.25, -0.2) is 0 Å². The maximum atomic E-state index is 8.93. The van der Waals surface area contributed by atoms with Crippen molar-refractivity contribution in [3.8, 4) is 17.6 Å². The molecular formula is C15H15N3O. The van der Waals surface area contributed by atoms with Crippen molar-refractivity contribution < 1.29 is 4.74 Å². The molecule has 0 atom stereocenters. The van der Waals surface area contributed by atoms with Crippen LogP contribution in [0.4, 0.5) is 11.4 Å². The number of rotatable bonds is 3. The van der Waals surface area contributed by atoms with Gasteiger partial charge < -0.3 is 15.4 Å². The Labute approximate surface area is 112 Å². The van der Waals surface area contributed by atoms with E-state index in [2.05, 4.69) is 0 Å². The molecule has 0 amide bonds. The first-order valence-electron chi connectivity index (χ1n) is 5.85. The molecule has 0 fully saturated rings. The highest BCUT2D eigenvalue weighted by atomic mass is 16.5. The topological polar surface area (TPSA) is 62.3 Å². The van der Waals surface area contributed by atoms with Gasteiger partial charge in [-0.05, 0) is 24.3 Å². The van der Waals surface area contributed by atoms with E-state index in [-0.39, 0.29) is 0 Å². The fourth-order valence-electron chi connectivity index (χ4n) is 1.68. The van der Waals surface area contributed by atoms with E-state index < -0.39 is 0 Å². The summed E-state index contributed by atoms with van der Waals surface area (Å²) in [5, 5.41) is 8.93. The number of benzene rings is 2. The van der Waals surface area contributed by atoms with Gasteiger partial charge in [0, 0.05) is 25.8 Å². The summed E-state index contributed by atoms with van der Waals surface area (Å²) in [6.45, 7) is 0. The predicted octanol–water partition coefficient (Wildman–Crippen LogP) is 3.00. The SMILES string of the molecule is CN(C)c1cccc(Oc2cccc(C#N)c2N)c1. The molecule has 0 aromatic heterocycles. The van der Waals surface area contributed by atoms with Crippen molar-refractivity contribution in [2.75, 3.05) is 24.7 Å². The summed E-state index contributed by atoms with van der Waals surface area (Å²) in [5.41, 5.74) is 7.70. The van der Waals surface area contributed by atoms with Crippen LogP contribution in [0, 0.1) is 11.3 Å². The second-order valence-corrected chi connectivity index (χ2v) is 4.32. The molecule has 4 nitrogen and oxygen atoms in total. The zero-order valence-corrected chi connectivity index (χ0v) is 10.9. The van der Waals surface area contributed by atoms with Crippen LogP contribution < -0.4 is 15.4 Å². The number of nitriles is 1. The molecule has 0 aliphatic rings. The maximum Gasteiger partial charge on any atom is 0.151 e. The second-order valence-electron chi connectivity index (χ2n) is 4.32. The molecule has 0 unspecified atom stereocenters. The summed E-state index contributed by atoms with van der Waals surface area (Å²) in [5.74, 6) is 1.18. The number of nitrogens with two attached hydrogens (primary N) is 1. The predicted molar refractivity (Wildman–Crippen MR) is 76.4 cm³/mol. The molecule has 2 N–H and O–H groups in total. The Hall–Kier alpha value is -2.67. The van der Waals surface area contributed by atoms with Crippen LogP contribution in [0.2, 0.25) is 0 Å². The summed E-state index contributed by atoms with van der Waals surface area (Å²) in [6, 6.07) is 14.9. The summed E-state index contributed by atoms with van der Waals surface area (Å²) < 4.78 is 5.74. The number of hydrogen-bond acceptors (Lipinski definition) is 4. The van der Waals surface area contributed by atoms with Gasteiger partial charge in [0.1, 0.15) is 11.8 Å². The lowest BCUT2D eigenvalue weighted by molar-refractivity contribution is 0.485. The van der Waals surface area contributed by atoms with Crippen molar-refractivity contribution in [2.24, 2.45) is 0 Å². The second kappa shape index (κ2) is 5.32. The maximum absolute atomic E-state index is 8.93. The molecule has 2 aromatic carbocycles. The van der Waals surface area contributed by atoms with E-state index in [9.17, 15) is 0 Å². The highest BCUT2D eigenvalue weighted by Crippen LogP contribution is 2.31. The molecule has 0 heterocycles. The van der Waals surface area contributed by atoms with Gasteiger partial charge in [0.05, 0.1) is 11.3 Å². The molecule has 0 saturated heterocycles. The van der Waals surface area contributed by atoms with Gasteiger partial charge in [0.25, 0.3) is 0 Å². The quantitative estimate of drug-likeness (QED) is 0.854. The van der Waals surface area contributed by atoms with Crippen molar-refractivity contribution >= 4 is 11.4 Å². The standard InChI is InChI=1S/C15H15N3O/c1-18(2)12-6-4-7-13(9-12)19-14-8-3-5-11(10-16)15(14)17/h3-9H,17H2,1-2H3. The van der Waals surface area contributed by atoms with E-state index in [1.165, 1.54) is 0 Å². The average Bonchev–Trinajstić information content (AvgIpc) is 2.41. The number of anilines is 2. The zero-order chi connectivity index (χ0) is 13.8. The van der Waals surface area contributed by atoms with E-state index in [0.717, 1.165) is 5.69 Å². The molecule has 0 saturated carbocycles. The van der Waals surface area contributed by atoms with Crippen LogP contribution in [0.25, 0.3) is 0 Å². The van der Waals surface area contributed by atoms with E-state index in [0.29, 0.717) is 22.7 Å². The molecule has 19 heavy (non-hydrogen) atoms. The third-order valence-electron chi connectivity index (χ3n) is 2.75. The Morgan fingerprint density at radius 3 is 2.58 bits per heavy atom. The lowest BCUT2D eigenvalue weighted by Gasteiger charge is -2.14. The Morgan fingerprint density at radius 1 is 1.16 bits per heavy atom. The minimum atomic E-state index is 0.361. The molecule has 4 heteroatoms. The number of nitrogen functional groups attached to an aromatic ring is 1. The van der Waals surface area contributed by atoms with Crippen molar-refractivity contribution in [3.05, 3.63) is 48.0 Å². The summed E-state index contributed by atoms with van der Waals surface area (Å²) >= 11 is 0. The molecule has 0 aliphatic carbocycles. The molecule has 0 aliphatic heterocycles. The largest absolute Gasteiger partial charge is 0.455 e. The molecule has 2 rings (SSSR count). The number of nitrogens with zero attached hydrogens (tertiary/aromatic N) is 2. The van der Waals surface area contributed by atoms with Gasteiger partial charge in [-0.3, -0.25) is 0 Å². The van der Waals surface area contributed by atoms with Crippen molar-refractivity contribution in [1.82, 2.24) is 0 Å². The molecule has 96 valence electrons. The van der Waals surface area contributed by atoms with E-state index in [1.54, 1.807) is 18.2 Å². The summed E-state index contributed by atoms with van der Waals surface area (Å²) in [4.78, 5) is 1.99. The van der Waals surface area contributed by atoms with Gasteiger partial charge >= 0.3 is 0 Å². The zero-order valence-electron chi connectivity index (χ0n) is 10.9. The van der Waals surface area contributed by atoms with Crippen LogP contribution in [-0.2, 0) is 0 Å². The first-order valence-corrected chi connectivity index (χ1v) is 5.85. The third-order valence-corrected chi connectivity index (χ3v) is 2.75. The highest BCUT2D eigenvalue weighted by molar-refractivity contribution is 5.64. The van der Waals surface area contributed by atoms with Crippen LogP contribution in [-0.4, -0.2) is 14.1 Å². The van der Waals surface area contributed by atoms with Crippen LogP contribution >= 0.6 is 0 Å². The van der Waals surface area contributed by atoms with E-state index in [1.807, 2.05) is 49.3 Å². The molecule has 0 spiro atoms. The number of hydrogen-bond donors (Lipinski definition) is 1. The smallest absolute Gasteiger partial charge is 0.151 e. The Bertz CT molecular complexity index is 630. The van der Waals surface area contributed by atoms with Gasteiger partial charge in [0.2, 0.25) is 0 Å². The van der Waals surface area contributed by atoms with Gasteiger partial charge in [-0.2, -0.15) is 5.26 Å². The Kier molecular flexibility index (Phi) is 3.58. The van der Waals surface area contributed by atoms with Crippen molar-refractivity contribution in [3.63, 3.8) is 0 Å². The van der Waals surface area contributed by atoms with E-state index >= 15 is 0 Å². The normalized spacial score (nSPS) is 9.74. The van der Waals surface area contributed by atoms with Gasteiger partial charge in [0.15, 0.2) is 5.75 Å². The summed E-state index contributed by atoms with van der Waals surface area (Å²) in [6.07, 6.45) is 0. The number of ether oxygens (including phenoxy) is 1. The van der Waals surface area contributed by atoms with Crippen molar-refractivity contribution in [2.45, 2.75) is 0 Å².